The summed E-state index contributed by atoms with van der Waals surface area (Å²) in [6.45, 7) is 4.85. The lowest BCUT2D eigenvalue weighted by Crippen LogP contribution is -2.45. The van der Waals surface area contributed by atoms with Gasteiger partial charge in [0, 0.05) is 43.0 Å². The third-order valence-corrected chi connectivity index (χ3v) is 7.63. The minimum absolute atomic E-state index is 0.0446. The van der Waals surface area contributed by atoms with Crippen LogP contribution < -0.4 is 5.43 Å². The Hall–Kier alpha value is -3.04. The summed E-state index contributed by atoms with van der Waals surface area (Å²) in [5, 5.41) is 8.96. The van der Waals surface area contributed by atoms with Crippen molar-refractivity contribution >= 4 is 23.2 Å². The number of nitrogens with zero attached hydrogens (tertiary/aromatic N) is 4. The topological polar surface area (TPSA) is 91.6 Å². The van der Waals surface area contributed by atoms with Crippen LogP contribution in [0.5, 0.6) is 0 Å². The molecule has 0 atom stereocenters. The summed E-state index contributed by atoms with van der Waals surface area (Å²) in [5.41, 5.74) is 5.47. The van der Waals surface area contributed by atoms with E-state index < -0.39 is 0 Å². The zero-order valence-electron chi connectivity index (χ0n) is 19.3. The smallest absolute Gasteiger partial charge is 0.285 e. The molecule has 0 spiro atoms. The Balaban J connectivity index is 1.21. The zero-order valence-corrected chi connectivity index (χ0v) is 20.1. The molecule has 1 aromatic carbocycles. The highest BCUT2D eigenvalue weighted by Gasteiger charge is 2.31. The third kappa shape index (κ3) is 4.76. The molecule has 34 heavy (non-hydrogen) atoms. The lowest BCUT2D eigenvalue weighted by atomic mass is 9.96. The van der Waals surface area contributed by atoms with Crippen LogP contribution >= 0.6 is 11.3 Å². The average Bonchev–Trinajstić information content (AvgIpc) is 3.52. The second kappa shape index (κ2) is 10.1. The summed E-state index contributed by atoms with van der Waals surface area (Å²) in [5.74, 6) is 0.614. The van der Waals surface area contributed by atoms with Crippen LogP contribution in [0.25, 0.3) is 11.3 Å². The molecule has 2 fully saturated rings. The standard InChI is InChI=1S/C25H29N5O3S/c1-17-21(22(28-33-17)18-8-4-2-5-9-18)25(32)29-14-10-19(11-15-29)24-26-20(16-34-24)23(31)27-30-12-6-3-7-13-30/h2,4-5,8-9,16,19H,3,6-7,10-15H2,1H3,(H,27,31). The molecular weight excluding hydrogens is 450 g/mol. The second-order valence-electron chi connectivity index (χ2n) is 8.95. The molecule has 0 radical (unpaired) electrons. The largest absolute Gasteiger partial charge is 0.360 e. The number of benzene rings is 1. The van der Waals surface area contributed by atoms with E-state index in [0.29, 0.717) is 35.8 Å². The number of aryl methyl sites for hydroxylation is 1. The van der Waals surface area contributed by atoms with Crippen molar-refractivity contribution < 1.29 is 14.1 Å². The Bertz CT molecular complexity index is 1140. The van der Waals surface area contributed by atoms with Crippen molar-refractivity contribution in [2.75, 3.05) is 26.2 Å². The number of amides is 2. The monoisotopic (exact) mass is 479 g/mol. The SMILES string of the molecule is Cc1onc(-c2ccccc2)c1C(=O)N1CCC(c2nc(C(=O)NN3CCCCC3)cs2)CC1. The molecule has 2 saturated heterocycles. The number of hydrazine groups is 1. The van der Waals surface area contributed by atoms with E-state index in [1.807, 2.05) is 45.6 Å². The van der Waals surface area contributed by atoms with Crippen molar-refractivity contribution in [1.82, 2.24) is 25.5 Å². The van der Waals surface area contributed by atoms with Gasteiger partial charge >= 0.3 is 0 Å². The second-order valence-corrected chi connectivity index (χ2v) is 9.84. The molecule has 0 bridgehead atoms. The maximum Gasteiger partial charge on any atom is 0.285 e. The Morgan fingerprint density at radius 2 is 1.79 bits per heavy atom. The highest BCUT2D eigenvalue weighted by molar-refractivity contribution is 7.09. The van der Waals surface area contributed by atoms with Crippen LogP contribution in [0.3, 0.4) is 0 Å². The van der Waals surface area contributed by atoms with Crippen molar-refractivity contribution in [2.24, 2.45) is 0 Å². The van der Waals surface area contributed by atoms with Crippen molar-refractivity contribution in [1.29, 1.82) is 0 Å². The number of carbonyl (C=O) groups excluding carboxylic acids is 2. The fourth-order valence-corrected chi connectivity index (χ4v) is 5.66. The number of thiazole rings is 1. The van der Waals surface area contributed by atoms with Crippen LogP contribution in [-0.4, -0.2) is 58.0 Å². The third-order valence-electron chi connectivity index (χ3n) is 6.63. The molecule has 0 saturated carbocycles. The maximum absolute atomic E-state index is 13.4. The predicted octanol–water partition coefficient (Wildman–Crippen LogP) is 4.26. The average molecular weight is 480 g/mol. The number of hydrogen-bond acceptors (Lipinski definition) is 7. The van der Waals surface area contributed by atoms with E-state index in [9.17, 15) is 9.59 Å². The predicted molar refractivity (Wildman–Crippen MR) is 130 cm³/mol. The summed E-state index contributed by atoms with van der Waals surface area (Å²) in [6, 6.07) is 9.65. The molecule has 4 heterocycles. The molecule has 3 aromatic rings. The summed E-state index contributed by atoms with van der Waals surface area (Å²) >= 11 is 1.54. The lowest BCUT2D eigenvalue weighted by Gasteiger charge is -2.31. The summed E-state index contributed by atoms with van der Waals surface area (Å²) in [7, 11) is 0. The molecule has 2 aliphatic heterocycles. The van der Waals surface area contributed by atoms with Gasteiger partial charge in [0.1, 0.15) is 22.7 Å². The fourth-order valence-electron chi connectivity index (χ4n) is 4.69. The Morgan fingerprint density at radius 3 is 2.53 bits per heavy atom. The minimum Gasteiger partial charge on any atom is -0.360 e. The van der Waals surface area contributed by atoms with E-state index in [-0.39, 0.29) is 17.7 Å². The van der Waals surface area contributed by atoms with Crippen LogP contribution in [0, 0.1) is 6.92 Å². The van der Waals surface area contributed by atoms with Gasteiger partial charge in [-0.05, 0) is 32.6 Å². The Morgan fingerprint density at radius 1 is 1.06 bits per heavy atom. The van der Waals surface area contributed by atoms with Gasteiger partial charge in [-0.25, -0.2) is 9.99 Å². The number of piperidine rings is 2. The molecule has 2 amide bonds. The highest BCUT2D eigenvalue weighted by atomic mass is 32.1. The highest BCUT2D eigenvalue weighted by Crippen LogP contribution is 2.33. The summed E-state index contributed by atoms with van der Waals surface area (Å²) in [6.07, 6.45) is 5.08. The van der Waals surface area contributed by atoms with Gasteiger partial charge in [-0.2, -0.15) is 0 Å². The number of likely N-dealkylation sites (tertiary alicyclic amines) is 1. The van der Waals surface area contributed by atoms with E-state index >= 15 is 0 Å². The first-order chi connectivity index (χ1) is 16.6. The van der Waals surface area contributed by atoms with E-state index in [2.05, 4.69) is 15.6 Å². The van der Waals surface area contributed by atoms with E-state index in [4.69, 9.17) is 4.52 Å². The van der Waals surface area contributed by atoms with Crippen molar-refractivity contribution in [3.05, 3.63) is 57.7 Å². The van der Waals surface area contributed by atoms with E-state index in [0.717, 1.165) is 49.3 Å². The molecule has 0 aliphatic carbocycles. The van der Waals surface area contributed by atoms with Gasteiger partial charge in [0.05, 0.1) is 5.01 Å². The number of aromatic nitrogens is 2. The molecule has 9 heteroatoms. The van der Waals surface area contributed by atoms with Gasteiger partial charge in [-0.1, -0.05) is 41.9 Å². The van der Waals surface area contributed by atoms with E-state index in [1.54, 1.807) is 6.92 Å². The first-order valence-electron chi connectivity index (χ1n) is 11.9. The molecule has 2 aromatic heterocycles. The van der Waals surface area contributed by atoms with Gasteiger partial charge in [-0.15, -0.1) is 11.3 Å². The number of carbonyl (C=O) groups is 2. The molecular formula is C25H29N5O3S. The first kappa shape index (κ1) is 22.7. The van der Waals surface area contributed by atoms with E-state index in [1.165, 1.54) is 17.8 Å². The quantitative estimate of drug-likeness (QED) is 0.588. The zero-order chi connectivity index (χ0) is 23.5. The normalized spacial score (nSPS) is 17.6. The molecule has 178 valence electrons. The lowest BCUT2D eigenvalue weighted by molar-refractivity contribution is 0.0711. The van der Waals surface area contributed by atoms with Crippen molar-refractivity contribution in [3.63, 3.8) is 0 Å². The fraction of sp³-hybridized carbons (Fsp3) is 0.440. The maximum atomic E-state index is 13.4. The Labute approximate surface area is 202 Å². The molecule has 5 rings (SSSR count). The van der Waals surface area contributed by atoms with Crippen LogP contribution in [0.15, 0.2) is 40.2 Å². The molecule has 1 N–H and O–H groups in total. The summed E-state index contributed by atoms with van der Waals surface area (Å²) < 4.78 is 5.38. The first-order valence-corrected chi connectivity index (χ1v) is 12.8. The van der Waals surface area contributed by atoms with Gasteiger partial charge in [0.15, 0.2) is 0 Å². The van der Waals surface area contributed by atoms with Gasteiger partial charge < -0.3 is 9.42 Å². The van der Waals surface area contributed by atoms with Crippen molar-refractivity contribution in [3.8, 4) is 11.3 Å². The van der Waals surface area contributed by atoms with Crippen LogP contribution in [0.1, 0.15) is 69.6 Å². The molecule has 2 aliphatic rings. The molecule has 8 nitrogen and oxygen atoms in total. The Kier molecular flexibility index (Phi) is 6.73. The van der Waals surface area contributed by atoms with Crippen molar-refractivity contribution in [2.45, 2.75) is 44.9 Å². The van der Waals surface area contributed by atoms with Crippen LogP contribution in [-0.2, 0) is 0 Å². The van der Waals surface area contributed by atoms with Crippen LogP contribution in [0.4, 0.5) is 0 Å². The van der Waals surface area contributed by atoms with Gasteiger partial charge in [0.25, 0.3) is 11.8 Å². The molecule has 0 unspecified atom stereocenters. The van der Waals surface area contributed by atoms with Gasteiger partial charge in [-0.3, -0.25) is 15.0 Å². The number of hydrogen-bond donors (Lipinski definition) is 1. The minimum atomic E-state index is -0.131. The summed E-state index contributed by atoms with van der Waals surface area (Å²) in [4.78, 5) is 32.5. The van der Waals surface area contributed by atoms with Gasteiger partial charge in [0.2, 0.25) is 0 Å². The number of rotatable bonds is 5. The number of nitrogens with one attached hydrogen (secondary N) is 1. The van der Waals surface area contributed by atoms with Crippen LogP contribution in [0.2, 0.25) is 0 Å².